The van der Waals surface area contributed by atoms with Gasteiger partial charge in [0.05, 0.1) is 0 Å². The Morgan fingerprint density at radius 1 is 0.833 bits per heavy atom. The van der Waals surface area contributed by atoms with E-state index in [-0.39, 0.29) is 0 Å². The molecular formula is C16H28N2. The summed E-state index contributed by atoms with van der Waals surface area (Å²) < 4.78 is 0. The fourth-order valence-electron chi connectivity index (χ4n) is 1.95. The van der Waals surface area contributed by atoms with Crippen molar-refractivity contribution < 1.29 is 0 Å². The highest BCUT2D eigenvalue weighted by atomic mass is 14.9. The lowest BCUT2D eigenvalue weighted by Crippen LogP contribution is -2.25. The zero-order valence-electron chi connectivity index (χ0n) is 12.3. The van der Waals surface area contributed by atoms with E-state index in [0.717, 1.165) is 25.9 Å². The van der Waals surface area contributed by atoms with E-state index in [0.29, 0.717) is 12.1 Å². The molecule has 0 heterocycles. The van der Waals surface area contributed by atoms with Gasteiger partial charge in [-0.15, -0.1) is 0 Å². The van der Waals surface area contributed by atoms with E-state index in [9.17, 15) is 0 Å². The fourth-order valence-corrected chi connectivity index (χ4v) is 1.95. The van der Waals surface area contributed by atoms with Crippen LogP contribution in [-0.4, -0.2) is 25.2 Å². The van der Waals surface area contributed by atoms with Crippen LogP contribution in [0.5, 0.6) is 0 Å². The number of hydrogen-bond donors (Lipinski definition) is 2. The minimum atomic E-state index is 0.573. The van der Waals surface area contributed by atoms with Crippen LogP contribution in [0.3, 0.4) is 0 Å². The van der Waals surface area contributed by atoms with Crippen LogP contribution < -0.4 is 10.6 Å². The van der Waals surface area contributed by atoms with E-state index in [1.807, 2.05) is 0 Å². The van der Waals surface area contributed by atoms with Crippen molar-refractivity contribution in [3.8, 4) is 0 Å². The molecule has 0 atom stereocenters. The fraction of sp³-hybridized carbons (Fsp3) is 0.625. The van der Waals surface area contributed by atoms with Gasteiger partial charge in [0.15, 0.2) is 0 Å². The zero-order chi connectivity index (χ0) is 13.4. The van der Waals surface area contributed by atoms with Crippen LogP contribution >= 0.6 is 0 Å². The maximum Gasteiger partial charge on any atom is 0.00105 e. The van der Waals surface area contributed by atoms with E-state index in [4.69, 9.17) is 0 Å². The SMILES string of the molecule is CC(C)NCCc1cccc(CCNC(C)C)c1. The predicted molar refractivity (Wildman–Crippen MR) is 80.1 cm³/mol. The molecule has 102 valence electrons. The highest BCUT2D eigenvalue weighted by Crippen LogP contribution is 2.06. The van der Waals surface area contributed by atoms with Gasteiger partial charge < -0.3 is 10.6 Å². The molecule has 1 aromatic rings. The van der Waals surface area contributed by atoms with Gasteiger partial charge in [0.1, 0.15) is 0 Å². The second-order valence-electron chi connectivity index (χ2n) is 5.54. The Hall–Kier alpha value is -0.860. The first-order chi connectivity index (χ1) is 8.58. The Balaban J connectivity index is 2.36. The summed E-state index contributed by atoms with van der Waals surface area (Å²) in [7, 11) is 0. The number of rotatable bonds is 8. The molecule has 0 aliphatic carbocycles. The lowest BCUT2D eigenvalue weighted by molar-refractivity contribution is 0.587. The van der Waals surface area contributed by atoms with Crippen LogP contribution in [0, 0.1) is 0 Å². The monoisotopic (exact) mass is 248 g/mol. The molecule has 0 spiro atoms. The second-order valence-corrected chi connectivity index (χ2v) is 5.54. The Labute approximate surface area is 112 Å². The van der Waals surface area contributed by atoms with Crippen LogP contribution in [-0.2, 0) is 12.8 Å². The standard InChI is InChI=1S/C16H28N2/c1-13(2)17-10-8-15-6-5-7-16(12-15)9-11-18-14(3)4/h5-7,12-14,17-18H,8-11H2,1-4H3. The van der Waals surface area contributed by atoms with Crippen LogP contribution in [0.15, 0.2) is 24.3 Å². The second kappa shape index (κ2) is 8.28. The minimum Gasteiger partial charge on any atom is -0.314 e. The average Bonchev–Trinajstić information content (AvgIpc) is 2.28. The van der Waals surface area contributed by atoms with Crippen molar-refractivity contribution in [1.29, 1.82) is 0 Å². The van der Waals surface area contributed by atoms with Crippen molar-refractivity contribution in [2.24, 2.45) is 0 Å². The lowest BCUT2D eigenvalue weighted by Gasteiger charge is -2.10. The third-order valence-corrected chi connectivity index (χ3v) is 2.92. The molecule has 0 bridgehead atoms. The molecule has 0 fully saturated rings. The van der Waals surface area contributed by atoms with E-state index in [1.165, 1.54) is 11.1 Å². The molecule has 1 rings (SSSR count). The van der Waals surface area contributed by atoms with Gasteiger partial charge in [0.25, 0.3) is 0 Å². The Kier molecular flexibility index (Phi) is 6.99. The maximum absolute atomic E-state index is 3.46. The van der Waals surface area contributed by atoms with Gasteiger partial charge >= 0.3 is 0 Å². The summed E-state index contributed by atoms with van der Waals surface area (Å²) in [5.41, 5.74) is 2.87. The van der Waals surface area contributed by atoms with Crippen LogP contribution in [0.4, 0.5) is 0 Å². The van der Waals surface area contributed by atoms with Gasteiger partial charge in [-0.05, 0) is 37.1 Å². The third kappa shape index (κ3) is 6.77. The van der Waals surface area contributed by atoms with E-state index in [1.54, 1.807) is 0 Å². The highest BCUT2D eigenvalue weighted by Gasteiger charge is 1.98. The molecular weight excluding hydrogens is 220 g/mol. The van der Waals surface area contributed by atoms with Gasteiger partial charge in [-0.3, -0.25) is 0 Å². The van der Waals surface area contributed by atoms with Crippen LogP contribution in [0.2, 0.25) is 0 Å². The van der Waals surface area contributed by atoms with Gasteiger partial charge in [0, 0.05) is 12.1 Å². The molecule has 0 saturated heterocycles. The van der Waals surface area contributed by atoms with E-state index >= 15 is 0 Å². The molecule has 2 heteroatoms. The summed E-state index contributed by atoms with van der Waals surface area (Å²) in [5.74, 6) is 0. The maximum atomic E-state index is 3.46. The Morgan fingerprint density at radius 3 is 1.67 bits per heavy atom. The summed E-state index contributed by atoms with van der Waals surface area (Å²) in [5, 5.41) is 6.92. The first-order valence-corrected chi connectivity index (χ1v) is 7.12. The molecule has 0 amide bonds. The molecule has 0 aromatic heterocycles. The number of nitrogens with one attached hydrogen (secondary N) is 2. The normalized spacial score (nSPS) is 11.4. The molecule has 0 saturated carbocycles. The van der Waals surface area contributed by atoms with Crippen LogP contribution in [0.1, 0.15) is 38.8 Å². The molecule has 0 unspecified atom stereocenters. The first-order valence-electron chi connectivity index (χ1n) is 7.12. The molecule has 2 nitrogen and oxygen atoms in total. The molecule has 0 aliphatic rings. The lowest BCUT2D eigenvalue weighted by atomic mass is 10.1. The summed E-state index contributed by atoms with van der Waals surface area (Å²) in [4.78, 5) is 0. The smallest absolute Gasteiger partial charge is 0.00105 e. The van der Waals surface area contributed by atoms with E-state index < -0.39 is 0 Å². The minimum absolute atomic E-state index is 0.573. The zero-order valence-corrected chi connectivity index (χ0v) is 12.3. The average molecular weight is 248 g/mol. The highest BCUT2D eigenvalue weighted by molar-refractivity contribution is 5.24. The van der Waals surface area contributed by atoms with Gasteiger partial charge in [-0.1, -0.05) is 52.0 Å². The third-order valence-electron chi connectivity index (χ3n) is 2.92. The van der Waals surface area contributed by atoms with Crippen molar-refractivity contribution in [3.63, 3.8) is 0 Å². The van der Waals surface area contributed by atoms with Crippen molar-refractivity contribution in [1.82, 2.24) is 10.6 Å². The predicted octanol–water partition coefficient (Wildman–Crippen LogP) is 2.77. The van der Waals surface area contributed by atoms with Crippen molar-refractivity contribution in [2.75, 3.05) is 13.1 Å². The van der Waals surface area contributed by atoms with Gasteiger partial charge in [-0.25, -0.2) is 0 Å². The summed E-state index contributed by atoms with van der Waals surface area (Å²) >= 11 is 0. The number of benzene rings is 1. The largest absolute Gasteiger partial charge is 0.314 e. The molecule has 2 N–H and O–H groups in total. The van der Waals surface area contributed by atoms with Gasteiger partial charge in [-0.2, -0.15) is 0 Å². The summed E-state index contributed by atoms with van der Waals surface area (Å²) in [6, 6.07) is 10.1. The molecule has 0 radical (unpaired) electrons. The Morgan fingerprint density at radius 2 is 1.28 bits per heavy atom. The quantitative estimate of drug-likeness (QED) is 0.739. The van der Waals surface area contributed by atoms with Crippen molar-refractivity contribution in [2.45, 2.75) is 52.6 Å². The van der Waals surface area contributed by atoms with E-state index in [2.05, 4.69) is 62.6 Å². The Bertz CT molecular complexity index is 302. The molecule has 1 aromatic carbocycles. The molecule has 0 aliphatic heterocycles. The number of hydrogen-bond acceptors (Lipinski definition) is 2. The van der Waals surface area contributed by atoms with Crippen LogP contribution in [0.25, 0.3) is 0 Å². The van der Waals surface area contributed by atoms with Crippen molar-refractivity contribution in [3.05, 3.63) is 35.4 Å². The van der Waals surface area contributed by atoms with Crippen molar-refractivity contribution >= 4 is 0 Å². The first kappa shape index (κ1) is 15.2. The topological polar surface area (TPSA) is 24.1 Å². The summed E-state index contributed by atoms with van der Waals surface area (Å²) in [6.07, 6.45) is 2.23. The molecule has 18 heavy (non-hydrogen) atoms. The van der Waals surface area contributed by atoms with Gasteiger partial charge in [0.2, 0.25) is 0 Å². The summed E-state index contributed by atoms with van der Waals surface area (Å²) in [6.45, 7) is 10.9.